The zero-order valence-electron chi connectivity index (χ0n) is 10.3. The Kier molecular flexibility index (Phi) is 4.06. The Morgan fingerprint density at radius 2 is 2.00 bits per heavy atom. The number of rotatable bonds is 3. The van der Waals surface area contributed by atoms with Crippen molar-refractivity contribution in [3.63, 3.8) is 0 Å². The average molecular weight is 276 g/mol. The molecular formula is C14H13FN2OS. The summed E-state index contributed by atoms with van der Waals surface area (Å²) in [5, 5.41) is 2.72. The molecule has 0 saturated carbocycles. The van der Waals surface area contributed by atoms with Gasteiger partial charge in [-0.1, -0.05) is 23.9 Å². The molecule has 0 fully saturated rings. The molecular weight excluding hydrogens is 263 g/mol. The van der Waals surface area contributed by atoms with Crippen molar-refractivity contribution < 1.29 is 9.18 Å². The normalized spacial score (nSPS) is 10.2. The Labute approximate surface area is 115 Å². The van der Waals surface area contributed by atoms with E-state index in [1.165, 1.54) is 30.8 Å². The number of benzene rings is 2. The van der Waals surface area contributed by atoms with Gasteiger partial charge in [-0.3, -0.25) is 4.79 Å². The summed E-state index contributed by atoms with van der Waals surface area (Å²) in [5.41, 5.74) is 7.09. The summed E-state index contributed by atoms with van der Waals surface area (Å²) >= 11 is 1.32. The smallest absolute Gasteiger partial charge is 0.221 e. The molecule has 0 aliphatic rings. The number of nitrogen functional groups attached to an aromatic ring is 1. The lowest BCUT2D eigenvalue weighted by atomic mass is 10.3. The Morgan fingerprint density at radius 1 is 1.26 bits per heavy atom. The van der Waals surface area contributed by atoms with Gasteiger partial charge >= 0.3 is 0 Å². The van der Waals surface area contributed by atoms with Crippen LogP contribution in [0.1, 0.15) is 6.92 Å². The number of carbonyl (C=O) groups excluding carboxylic acids is 1. The average Bonchev–Trinajstić information content (AvgIpc) is 2.33. The predicted molar refractivity (Wildman–Crippen MR) is 75.7 cm³/mol. The van der Waals surface area contributed by atoms with Crippen LogP contribution in [0.15, 0.2) is 52.3 Å². The maximum Gasteiger partial charge on any atom is 0.221 e. The highest BCUT2D eigenvalue weighted by atomic mass is 32.2. The van der Waals surface area contributed by atoms with Crippen LogP contribution in [0.2, 0.25) is 0 Å². The second kappa shape index (κ2) is 5.75. The van der Waals surface area contributed by atoms with Crippen LogP contribution in [0.3, 0.4) is 0 Å². The van der Waals surface area contributed by atoms with Crippen molar-refractivity contribution in [2.24, 2.45) is 0 Å². The molecule has 98 valence electrons. The molecule has 2 aromatic rings. The number of carbonyl (C=O) groups is 1. The Balaban J connectivity index is 2.35. The minimum Gasteiger partial charge on any atom is -0.398 e. The van der Waals surface area contributed by atoms with Gasteiger partial charge in [0.05, 0.1) is 10.6 Å². The fourth-order valence-corrected chi connectivity index (χ4v) is 2.57. The first-order valence-corrected chi connectivity index (χ1v) is 6.47. The zero-order chi connectivity index (χ0) is 13.8. The van der Waals surface area contributed by atoms with E-state index in [2.05, 4.69) is 5.32 Å². The van der Waals surface area contributed by atoms with Crippen LogP contribution < -0.4 is 11.1 Å². The van der Waals surface area contributed by atoms with E-state index in [0.717, 1.165) is 4.90 Å². The van der Waals surface area contributed by atoms with Crippen LogP contribution in [0.4, 0.5) is 15.8 Å². The van der Waals surface area contributed by atoms with E-state index in [4.69, 9.17) is 5.73 Å². The molecule has 0 aromatic heterocycles. The maximum atomic E-state index is 13.2. The van der Waals surface area contributed by atoms with Gasteiger partial charge in [-0.25, -0.2) is 4.39 Å². The van der Waals surface area contributed by atoms with Gasteiger partial charge < -0.3 is 11.1 Å². The molecule has 19 heavy (non-hydrogen) atoms. The van der Waals surface area contributed by atoms with Crippen LogP contribution >= 0.6 is 11.8 Å². The number of nitrogens with two attached hydrogens (primary N) is 1. The summed E-state index contributed by atoms with van der Waals surface area (Å²) in [6.45, 7) is 1.43. The van der Waals surface area contributed by atoms with Gasteiger partial charge in [0.25, 0.3) is 0 Å². The van der Waals surface area contributed by atoms with E-state index in [0.29, 0.717) is 16.3 Å². The quantitative estimate of drug-likeness (QED) is 0.843. The number of nitrogens with one attached hydrogen (secondary N) is 1. The van der Waals surface area contributed by atoms with E-state index in [1.807, 2.05) is 0 Å². The number of hydrogen-bond donors (Lipinski definition) is 2. The molecule has 0 spiro atoms. The summed E-state index contributed by atoms with van der Waals surface area (Å²) in [5.74, 6) is -0.479. The van der Waals surface area contributed by atoms with E-state index in [-0.39, 0.29) is 11.7 Å². The second-order valence-corrected chi connectivity index (χ2v) is 5.05. The minimum absolute atomic E-state index is 0.174. The Hall–Kier alpha value is -2.01. The van der Waals surface area contributed by atoms with Crippen LogP contribution in [-0.4, -0.2) is 5.91 Å². The third-order valence-electron chi connectivity index (χ3n) is 2.37. The molecule has 5 heteroatoms. The monoisotopic (exact) mass is 276 g/mol. The van der Waals surface area contributed by atoms with Gasteiger partial charge in [0.2, 0.25) is 5.91 Å². The standard InChI is InChI=1S/C14H13FN2OS/c1-9(18)17-13-7-3-6-12(16)14(13)19-11-5-2-4-10(15)8-11/h2-8H,16H2,1H3,(H,17,18). The van der Waals surface area contributed by atoms with Crippen molar-refractivity contribution >= 4 is 29.0 Å². The van der Waals surface area contributed by atoms with Crippen LogP contribution in [0.25, 0.3) is 0 Å². The molecule has 0 radical (unpaired) electrons. The highest BCUT2D eigenvalue weighted by molar-refractivity contribution is 7.99. The largest absolute Gasteiger partial charge is 0.398 e. The lowest BCUT2D eigenvalue weighted by Crippen LogP contribution is -2.07. The molecule has 0 heterocycles. The summed E-state index contributed by atoms with van der Waals surface area (Å²) in [4.78, 5) is 12.6. The number of hydrogen-bond acceptors (Lipinski definition) is 3. The highest BCUT2D eigenvalue weighted by Gasteiger charge is 2.09. The molecule has 2 aromatic carbocycles. The zero-order valence-corrected chi connectivity index (χ0v) is 11.1. The summed E-state index contributed by atoms with van der Waals surface area (Å²) in [6.07, 6.45) is 0. The molecule has 0 aliphatic carbocycles. The molecule has 0 aliphatic heterocycles. The molecule has 1 amide bonds. The van der Waals surface area contributed by atoms with Crippen LogP contribution in [-0.2, 0) is 4.79 Å². The summed E-state index contributed by atoms with van der Waals surface area (Å²) in [7, 11) is 0. The van der Waals surface area contributed by atoms with Crippen molar-refractivity contribution in [3.8, 4) is 0 Å². The predicted octanol–water partition coefficient (Wildman–Crippen LogP) is 3.52. The summed E-state index contributed by atoms with van der Waals surface area (Å²) < 4.78 is 13.2. The van der Waals surface area contributed by atoms with Crippen LogP contribution in [0.5, 0.6) is 0 Å². The minimum atomic E-state index is -0.305. The third-order valence-corrected chi connectivity index (χ3v) is 3.52. The second-order valence-electron chi connectivity index (χ2n) is 3.96. The van der Waals surface area contributed by atoms with Gasteiger partial charge in [0, 0.05) is 17.5 Å². The van der Waals surface area contributed by atoms with Crippen molar-refractivity contribution in [1.29, 1.82) is 0 Å². The van der Waals surface area contributed by atoms with Gasteiger partial charge in [-0.05, 0) is 30.3 Å². The summed E-state index contributed by atoms with van der Waals surface area (Å²) in [6, 6.07) is 11.5. The fraction of sp³-hybridized carbons (Fsp3) is 0.0714. The molecule has 0 bridgehead atoms. The molecule has 0 saturated heterocycles. The third kappa shape index (κ3) is 3.48. The maximum absolute atomic E-state index is 13.2. The van der Waals surface area contributed by atoms with Crippen molar-refractivity contribution in [2.75, 3.05) is 11.1 Å². The lowest BCUT2D eigenvalue weighted by Gasteiger charge is -2.12. The highest BCUT2D eigenvalue weighted by Crippen LogP contribution is 2.37. The van der Waals surface area contributed by atoms with E-state index in [9.17, 15) is 9.18 Å². The van der Waals surface area contributed by atoms with Gasteiger partial charge in [0.1, 0.15) is 5.82 Å². The van der Waals surface area contributed by atoms with Crippen LogP contribution in [0, 0.1) is 5.82 Å². The first-order chi connectivity index (χ1) is 9.06. The van der Waals surface area contributed by atoms with Crippen molar-refractivity contribution in [2.45, 2.75) is 16.7 Å². The van der Waals surface area contributed by atoms with Crippen molar-refractivity contribution in [3.05, 3.63) is 48.3 Å². The van der Waals surface area contributed by atoms with E-state index in [1.54, 1.807) is 30.3 Å². The van der Waals surface area contributed by atoms with Gasteiger partial charge in [-0.2, -0.15) is 0 Å². The number of amides is 1. The Morgan fingerprint density at radius 3 is 2.68 bits per heavy atom. The Bertz CT molecular complexity index is 616. The molecule has 0 unspecified atom stereocenters. The first kappa shape index (κ1) is 13.4. The van der Waals surface area contributed by atoms with Crippen molar-refractivity contribution in [1.82, 2.24) is 0 Å². The molecule has 3 nitrogen and oxygen atoms in total. The van der Waals surface area contributed by atoms with Gasteiger partial charge in [0.15, 0.2) is 0 Å². The molecule has 0 atom stereocenters. The van der Waals surface area contributed by atoms with Gasteiger partial charge in [-0.15, -0.1) is 0 Å². The first-order valence-electron chi connectivity index (χ1n) is 5.66. The number of anilines is 2. The fourth-order valence-electron chi connectivity index (χ4n) is 1.61. The van der Waals surface area contributed by atoms with E-state index >= 15 is 0 Å². The SMILES string of the molecule is CC(=O)Nc1cccc(N)c1Sc1cccc(F)c1. The molecule has 3 N–H and O–H groups in total. The van der Waals surface area contributed by atoms with E-state index < -0.39 is 0 Å². The lowest BCUT2D eigenvalue weighted by molar-refractivity contribution is -0.114. The number of halogens is 1. The molecule has 2 rings (SSSR count). The topological polar surface area (TPSA) is 55.1 Å².